The summed E-state index contributed by atoms with van der Waals surface area (Å²) in [5.41, 5.74) is 13.7. The predicted octanol–water partition coefficient (Wildman–Crippen LogP) is 12.2. The normalized spacial score (nSPS) is 13.1. The van der Waals surface area contributed by atoms with Crippen molar-refractivity contribution in [3.8, 4) is 56.7 Å². The average molecular weight is 706 g/mol. The van der Waals surface area contributed by atoms with E-state index in [1.165, 1.54) is 49.7 Å². The third kappa shape index (κ3) is 4.83. The summed E-state index contributed by atoms with van der Waals surface area (Å²) in [5, 5.41) is 3.76. The van der Waals surface area contributed by atoms with Crippen LogP contribution in [0, 0.1) is 0 Å². The fraction of sp³-hybridized carbons (Fsp3) is 0.0600. The van der Waals surface area contributed by atoms with Gasteiger partial charge in [-0.05, 0) is 59.2 Å². The molecular weight excluding hydrogens is 671 g/mol. The molecule has 5 nitrogen and oxygen atoms in total. The summed E-state index contributed by atoms with van der Waals surface area (Å²) in [6, 6.07) is 62.3. The Bertz CT molecular complexity index is 3060. The maximum absolute atomic E-state index is 5.01. The summed E-state index contributed by atoms with van der Waals surface area (Å²) in [5.74, 6) is 1.94. The average Bonchev–Trinajstić information content (AvgIpc) is 3.88. The van der Waals surface area contributed by atoms with Crippen LogP contribution in [0.4, 0.5) is 0 Å². The summed E-state index contributed by atoms with van der Waals surface area (Å²) in [7, 11) is 0. The third-order valence-electron chi connectivity index (χ3n) is 11.3. The van der Waals surface area contributed by atoms with E-state index >= 15 is 0 Å². The van der Waals surface area contributed by atoms with Gasteiger partial charge in [0.2, 0.25) is 0 Å². The Labute approximate surface area is 318 Å². The van der Waals surface area contributed by atoms with Crippen LogP contribution < -0.4 is 0 Å². The van der Waals surface area contributed by atoms with E-state index in [-0.39, 0.29) is 5.41 Å². The van der Waals surface area contributed by atoms with Crippen LogP contribution in [-0.2, 0) is 5.41 Å². The zero-order chi connectivity index (χ0) is 36.7. The Morgan fingerprint density at radius 1 is 0.400 bits per heavy atom. The first kappa shape index (κ1) is 31.4. The molecule has 7 aromatic carbocycles. The van der Waals surface area contributed by atoms with Crippen LogP contribution in [0.25, 0.3) is 89.4 Å². The van der Waals surface area contributed by atoms with Crippen molar-refractivity contribution in [2.45, 2.75) is 19.3 Å². The number of para-hydroxylation sites is 2. The van der Waals surface area contributed by atoms with Gasteiger partial charge in [0.25, 0.3) is 0 Å². The second kappa shape index (κ2) is 12.0. The Morgan fingerprint density at radius 2 is 0.964 bits per heavy atom. The van der Waals surface area contributed by atoms with Crippen LogP contribution in [0.2, 0.25) is 0 Å². The zero-order valence-electron chi connectivity index (χ0n) is 30.5. The molecule has 3 aromatic heterocycles. The van der Waals surface area contributed by atoms with Gasteiger partial charge < -0.3 is 9.13 Å². The Morgan fingerprint density at radius 3 is 1.71 bits per heavy atom. The van der Waals surface area contributed by atoms with Crippen molar-refractivity contribution in [3.63, 3.8) is 0 Å². The minimum Gasteiger partial charge on any atom is -0.312 e. The van der Waals surface area contributed by atoms with E-state index in [2.05, 4.69) is 138 Å². The molecule has 4 heterocycles. The Kier molecular flexibility index (Phi) is 6.83. The smallest absolute Gasteiger partial charge is 0.164 e. The van der Waals surface area contributed by atoms with Crippen LogP contribution in [0.1, 0.15) is 25.1 Å². The number of nitrogens with zero attached hydrogens (tertiary/aromatic N) is 5. The quantitative estimate of drug-likeness (QED) is 0.179. The first-order valence-electron chi connectivity index (χ1n) is 18.8. The van der Waals surface area contributed by atoms with Gasteiger partial charge in [-0.25, -0.2) is 15.0 Å². The van der Waals surface area contributed by atoms with Crippen molar-refractivity contribution in [1.29, 1.82) is 0 Å². The lowest BCUT2D eigenvalue weighted by Gasteiger charge is -2.18. The molecule has 0 radical (unpaired) electrons. The van der Waals surface area contributed by atoms with Gasteiger partial charge in [0, 0.05) is 55.3 Å². The van der Waals surface area contributed by atoms with Crippen LogP contribution in [-0.4, -0.2) is 24.1 Å². The predicted molar refractivity (Wildman–Crippen MR) is 225 cm³/mol. The molecule has 0 saturated heterocycles. The lowest BCUT2D eigenvalue weighted by molar-refractivity contribution is 0.645. The molecular formula is C50H35N5. The van der Waals surface area contributed by atoms with Crippen LogP contribution in [0.5, 0.6) is 0 Å². The number of hydrogen-bond acceptors (Lipinski definition) is 3. The van der Waals surface area contributed by atoms with Crippen molar-refractivity contribution in [2.24, 2.45) is 0 Å². The van der Waals surface area contributed by atoms with E-state index in [0.717, 1.165) is 33.5 Å². The molecule has 11 rings (SSSR count). The summed E-state index contributed by atoms with van der Waals surface area (Å²) in [6.07, 6.45) is 0. The number of benzene rings is 7. The topological polar surface area (TPSA) is 48.5 Å². The van der Waals surface area contributed by atoms with E-state index in [9.17, 15) is 0 Å². The molecule has 0 amide bonds. The lowest BCUT2D eigenvalue weighted by atomic mass is 9.83. The van der Waals surface area contributed by atoms with Crippen molar-refractivity contribution in [1.82, 2.24) is 24.1 Å². The summed E-state index contributed by atoms with van der Waals surface area (Å²) < 4.78 is 4.93. The van der Waals surface area contributed by atoms with Gasteiger partial charge in [-0.3, -0.25) is 0 Å². The van der Waals surface area contributed by atoms with Crippen molar-refractivity contribution in [2.75, 3.05) is 0 Å². The van der Waals surface area contributed by atoms with Gasteiger partial charge >= 0.3 is 0 Å². The summed E-state index contributed by atoms with van der Waals surface area (Å²) in [6.45, 7) is 4.69. The molecule has 260 valence electrons. The molecule has 0 spiro atoms. The van der Waals surface area contributed by atoms with E-state index in [1.54, 1.807) is 0 Å². The first-order valence-corrected chi connectivity index (χ1v) is 18.8. The molecule has 0 aliphatic carbocycles. The van der Waals surface area contributed by atoms with E-state index in [0.29, 0.717) is 17.5 Å². The van der Waals surface area contributed by atoms with Crippen molar-refractivity contribution >= 4 is 32.7 Å². The van der Waals surface area contributed by atoms with Gasteiger partial charge in [0.1, 0.15) is 0 Å². The molecule has 0 fully saturated rings. The number of fused-ring (bicyclic) bond motifs is 9. The van der Waals surface area contributed by atoms with Gasteiger partial charge in [-0.1, -0.05) is 147 Å². The highest BCUT2D eigenvalue weighted by Gasteiger charge is 2.37. The maximum atomic E-state index is 5.01. The largest absolute Gasteiger partial charge is 0.312 e. The standard InChI is InChI=1S/C50H35N5/c1-50(2)41-24-10-12-26-44(41)55-43-28-27-39-38-23-9-11-25-42(38)54(46(39)40(43)31-45(50)55)37-22-14-20-35(30-37)34-19-13-21-36(29-34)49-52-47(32-15-5-3-6-16-32)51-48(53-49)33-17-7-4-8-18-33/h3-31H,1-2H3. The second-order valence-electron chi connectivity index (χ2n) is 14.9. The number of rotatable bonds is 5. The summed E-state index contributed by atoms with van der Waals surface area (Å²) >= 11 is 0. The lowest BCUT2D eigenvalue weighted by Crippen LogP contribution is -2.14. The van der Waals surface area contributed by atoms with Crippen LogP contribution >= 0.6 is 0 Å². The Balaban J connectivity index is 1.08. The Hall–Kier alpha value is -7.11. The van der Waals surface area contributed by atoms with E-state index in [4.69, 9.17) is 15.0 Å². The first-order chi connectivity index (χ1) is 27.0. The molecule has 0 N–H and O–H groups in total. The van der Waals surface area contributed by atoms with Crippen molar-refractivity contribution < 1.29 is 0 Å². The molecule has 1 aliphatic rings. The van der Waals surface area contributed by atoms with Gasteiger partial charge in [-0.15, -0.1) is 0 Å². The highest BCUT2D eigenvalue weighted by molar-refractivity contribution is 6.19. The molecule has 1 aliphatic heterocycles. The second-order valence-corrected chi connectivity index (χ2v) is 14.9. The van der Waals surface area contributed by atoms with Gasteiger partial charge in [0.05, 0.1) is 16.6 Å². The molecule has 0 bridgehead atoms. The highest BCUT2D eigenvalue weighted by atomic mass is 15.1. The number of aromatic nitrogens is 5. The van der Waals surface area contributed by atoms with Crippen LogP contribution in [0.15, 0.2) is 176 Å². The third-order valence-corrected chi connectivity index (χ3v) is 11.3. The highest BCUT2D eigenvalue weighted by Crippen LogP contribution is 2.48. The molecule has 0 unspecified atom stereocenters. The minimum atomic E-state index is -0.105. The summed E-state index contributed by atoms with van der Waals surface area (Å²) in [4.78, 5) is 14.9. The molecule has 55 heavy (non-hydrogen) atoms. The van der Waals surface area contributed by atoms with Crippen LogP contribution in [0.3, 0.4) is 0 Å². The monoisotopic (exact) mass is 705 g/mol. The maximum Gasteiger partial charge on any atom is 0.164 e. The van der Waals surface area contributed by atoms with Crippen molar-refractivity contribution in [3.05, 3.63) is 187 Å². The molecule has 0 atom stereocenters. The van der Waals surface area contributed by atoms with E-state index < -0.39 is 0 Å². The molecule has 5 heteroatoms. The zero-order valence-corrected chi connectivity index (χ0v) is 30.5. The fourth-order valence-electron chi connectivity index (χ4n) is 8.66. The number of hydrogen-bond donors (Lipinski definition) is 0. The minimum absolute atomic E-state index is 0.105. The van der Waals surface area contributed by atoms with E-state index in [1.807, 2.05) is 60.7 Å². The molecule has 0 saturated carbocycles. The fourth-order valence-corrected chi connectivity index (χ4v) is 8.66. The SMILES string of the molecule is CC1(C)c2ccccc2-n2c1cc1c2ccc2c3ccccc3n(-c3cccc(-c4cccc(-c5nc(-c6ccccc6)nc(-c6ccccc6)n5)c4)c3)c21. The van der Waals surface area contributed by atoms with Gasteiger partial charge in [0.15, 0.2) is 17.5 Å². The molecule has 10 aromatic rings. The van der Waals surface area contributed by atoms with Gasteiger partial charge in [-0.2, -0.15) is 0 Å².